The molecular formula is C51H41NO. The summed E-state index contributed by atoms with van der Waals surface area (Å²) in [6.07, 6.45) is 0. The fraction of sp³-hybridized carbons (Fsp3) is 0.137. The van der Waals surface area contributed by atoms with E-state index < -0.39 is 0 Å². The van der Waals surface area contributed by atoms with Gasteiger partial charge in [0.1, 0.15) is 11.2 Å². The summed E-state index contributed by atoms with van der Waals surface area (Å²) in [6.45, 7) is 11.6. The molecule has 8 aromatic carbocycles. The van der Waals surface area contributed by atoms with Gasteiger partial charge in [-0.15, -0.1) is 0 Å². The van der Waals surface area contributed by atoms with E-state index in [0.717, 1.165) is 44.6 Å². The molecule has 0 saturated heterocycles. The zero-order chi connectivity index (χ0) is 36.1. The molecule has 2 heteroatoms. The van der Waals surface area contributed by atoms with E-state index in [1.807, 2.05) is 6.07 Å². The molecule has 10 rings (SSSR count). The summed E-state index contributed by atoms with van der Waals surface area (Å²) < 4.78 is 6.47. The van der Waals surface area contributed by atoms with Crippen LogP contribution in [0.2, 0.25) is 0 Å². The number of nitrogens with zero attached hydrogens (tertiary/aromatic N) is 1. The summed E-state index contributed by atoms with van der Waals surface area (Å²) in [5.41, 5.74) is 14.2. The van der Waals surface area contributed by atoms with Gasteiger partial charge < -0.3 is 9.32 Å². The van der Waals surface area contributed by atoms with Crippen LogP contribution in [0, 0.1) is 0 Å². The second-order valence-electron chi connectivity index (χ2n) is 16.2. The Balaban J connectivity index is 1.29. The van der Waals surface area contributed by atoms with Gasteiger partial charge in [-0.05, 0) is 103 Å². The largest absolute Gasteiger partial charge is 0.456 e. The lowest BCUT2D eigenvalue weighted by molar-refractivity contribution is 0.590. The molecule has 0 saturated carbocycles. The number of anilines is 3. The quantitative estimate of drug-likeness (QED) is 0.184. The summed E-state index contributed by atoms with van der Waals surface area (Å²) in [6, 6.07) is 58.1. The molecular weight excluding hydrogens is 643 g/mol. The number of rotatable bonds is 4. The van der Waals surface area contributed by atoms with E-state index >= 15 is 0 Å². The fourth-order valence-corrected chi connectivity index (χ4v) is 8.90. The van der Waals surface area contributed by atoms with Crippen LogP contribution < -0.4 is 4.90 Å². The first-order chi connectivity index (χ1) is 25.7. The molecule has 0 aliphatic heterocycles. The fourth-order valence-electron chi connectivity index (χ4n) is 8.90. The number of furan rings is 1. The molecule has 0 radical (unpaired) electrons. The lowest BCUT2D eigenvalue weighted by Gasteiger charge is -2.30. The molecule has 0 unspecified atom stereocenters. The number of hydrogen-bond donors (Lipinski definition) is 0. The van der Waals surface area contributed by atoms with Crippen molar-refractivity contribution in [2.45, 2.75) is 45.4 Å². The molecule has 0 spiro atoms. The Labute approximate surface area is 310 Å². The second kappa shape index (κ2) is 11.4. The van der Waals surface area contributed by atoms with Crippen molar-refractivity contribution >= 4 is 60.5 Å². The SMILES string of the molecule is CC(C)(C)c1ccc(N(c2ccc3c(c2)-c2c(ccc4ccccc24)C3(C)C)c2ccc3ccccc3c2-c2cccc3oc4ccccc4c23)cc1. The van der Waals surface area contributed by atoms with E-state index in [1.54, 1.807) is 0 Å². The first-order valence-corrected chi connectivity index (χ1v) is 18.7. The maximum atomic E-state index is 6.47. The highest BCUT2D eigenvalue weighted by molar-refractivity contribution is 6.18. The van der Waals surface area contributed by atoms with Crippen LogP contribution in [-0.4, -0.2) is 0 Å². The van der Waals surface area contributed by atoms with E-state index in [-0.39, 0.29) is 10.8 Å². The smallest absolute Gasteiger partial charge is 0.136 e. The van der Waals surface area contributed by atoms with Gasteiger partial charge in [-0.1, -0.05) is 150 Å². The lowest BCUT2D eigenvalue weighted by Crippen LogP contribution is -2.16. The monoisotopic (exact) mass is 683 g/mol. The third-order valence-electron chi connectivity index (χ3n) is 11.6. The average molecular weight is 684 g/mol. The Morgan fingerprint density at radius 3 is 1.83 bits per heavy atom. The lowest BCUT2D eigenvalue weighted by atomic mass is 9.82. The molecule has 0 amide bonds. The predicted molar refractivity (Wildman–Crippen MR) is 225 cm³/mol. The third kappa shape index (κ3) is 4.78. The van der Waals surface area contributed by atoms with Gasteiger partial charge in [0.15, 0.2) is 0 Å². The Morgan fingerprint density at radius 2 is 1.09 bits per heavy atom. The molecule has 53 heavy (non-hydrogen) atoms. The van der Waals surface area contributed by atoms with E-state index in [1.165, 1.54) is 54.9 Å². The van der Waals surface area contributed by atoms with Gasteiger partial charge >= 0.3 is 0 Å². The number of fused-ring (bicyclic) bond motifs is 9. The summed E-state index contributed by atoms with van der Waals surface area (Å²) >= 11 is 0. The van der Waals surface area contributed by atoms with Gasteiger partial charge in [-0.3, -0.25) is 0 Å². The Morgan fingerprint density at radius 1 is 0.491 bits per heavy atom. The topological polar surface area (TPSA) is 16.4 Å². The van der Waals surface area contributed by atoms with E-state index in [9.17, 15) is 0 Å². The van der Waals surface area contributed by atoms with Gasteiger partial charge in [0, 0.05) is 33.1 Å². The minimum absolute atomic E-state index is 0.0410. The molecule has 0 fully saturated rings. The normalized spacial score (nSPS) is 13.5. The molecule has 1 aliphatic carbocycles. The average Bonchev–Trinajstić information content (AvgIpc) is 3.67. The highest BCUT2D eigenvalue weighted by Gasteiger charge is 2.37. The van der Waals surface area contributed by atoms with Gasteiger partial charge in [0.05, 0.1) is 5.69 Å². The molecule has 0 N–H and O–H groups in total. The highest BCUT2D eigenvalue weighted by Crippen LogP contribution is 2.54. The zero-order valence-corrected chi connectivity index (χ0v) is 30.9. The van der Waals surface area contributed by atoms with Gasteiger partial charge in [-0.25, -0.2) is 0 Å². The molecule has 2 nitrogen and oxygen atoms in total. The number of benzene rings is 8. The highest BCUT2D eigenvalue weighted by atomic mass is 16.3. The molecule has 256 valence electrons. The van der Waals surface area contributed by atoms with Gasteiger partial charge in [0.25, 0.3) is 0 Å². The predicted octanol–water partition coefficient (Wildman–Crippen LogP) is 14.6. The van der Waals surface area contributed by atoms with Crippen molar-refractivity contribution in [3.63, 3.8) is 0 Å². The minimum Gasteiger partial charge on any atom is -0.456 e. The van der Waals surface area contributed by atoms with E-state index in [0.29, 0.717) is 0 Å². The summed E-state index contributed by atoms with van der Waals surface area (Å²) in [7, 11) is 0. The first kappa shape index (κ1) is 31.6. The third-order valence-corrected chi connectivity index (χ3v) is 11.6. The standard InChI is InChI=1S/C51H41NO/c1-50(2,3)34-23-25-35(26-24-34)52(36-27-29-42-41(31-36)47-37-15-8-6-13-32(37)21-28-43(47)51(42,4)5)44-30-22-33-14-7-9-16-38(33)48(44)40-18-12-20-46-49(40)39-17-10-11-19-45(39)53-46/h6-31H,1-5H3. The van der Waals surface area contributed by atoms with Gasteiger partial charge in [0.2, 0.25) is 0 Å². The van der Waals surface area contributed by atoms with Crippen molar-refractivity contribution in [2.75, 3.05) is 4.90 Å². The zero-order valence-electron chi connectivity index (χ0n) is 30.9. The Bertz CT molecular complexity index is 2900. The summed E-state index contributed by atoms with van der Waals surface area (Å²) in [4.78, 5) is 2.48. The molecule has 1 aromatic heterocycles. The summed E-state index contributed by atoms with van der Waals surface area (Å²) in [5.74, 6) is 0. The van der Waals surface area contributed by atoms with Crippen molar-refractivity contribution in [3.8, 4) is 22.3 Å². The van der Waals surface area contributed by atoms with Crippen LogP contribution in [-0.2, 0) is 10.8 Å². The first-order valence-electron chi connectivity index (χ1n) is 18.7. The van der Waals surface area contributed by atoms with Crippen LogP contribution >= 0.6 is 0 Å². The maximum Gasteiger partial charge on any atom is 0.136 e. The Kier molecular flexibility index (Phi) is 6.82. The van der Waals surface area contributed by atoms with Crippen molar-refractivity contribution in [1.82, 2.24) is 0 Å². The van der Waals surface area contributed by atoms with Crippen molar-refractivity contribution < 1.29 is 4.42 Å². The van der Waals surface area contributed by atoms with Crippen LogP contribution in [0.15, 0.2) is 162 Å². The van der Waals surface area contributed by atoms with Crippen molar-refractivity contribution in [3.05, 3.63) is 174 Å². The molecule has 0 bridgehead atoms. The molecule has 9 aromatic rings. The van der Waals surface area contributed by atoms with Crippen LogP contribution in [0.25, 0.3) is 65.7 Å². The van der Waals surface area contributed by atoms with Crippen LogP contribution in [0.5, 0.6) is 0 Å². The van der Waals surface area contributed by atoms with E-state index in [2.05, 4.69) is 191 Å². The van der Waals surface area contributed by atoms with Crippen LogP contribution in [0.1, 0.15) is 51.3 Å². The molecule has 1 aliphatic rings. The van der Waals surface area contributed by atoms with Crippen molar-refractivity contribution in [2.24, 2.45) is 0 Å². The van der Waals surface area contributed by atoms with Gasteiger partial charge in [-0.2, -0.15) is 0 Å². The molecule has 1 heterocycles. The minimum atomic E-state index is -0.113. The Hall–Kier alpha value is -6.12. The summed E-state index contributed by atoms with van der Waals surface area (Å²) in [5, 5.41) is 7.25. The van der Waals surface area contributed by atoms with Crippen LogP contribution in [0.4, 0.5) is 17.1 Å². The second-order valence-corrected chi connectivity index (χ2v) is 16.2. The number of para-hydroxylation sites is 1. The maximum absolute atomic E-state index is 6.47. The van der Waals surface area contributed by atoms with E-state index in [4.69, 9.17) is 4.42 Å². The van der Waals surface area contributed by atoms with Crippen molar-refractivity contribution in [1.29, 1.82) is 0 Å². The molecule has 0 atom stereocenters. The number of hydrogen-bond acceptors (Lipinski definition) is 2. The van der Waals surface area contributed by atoms with Crippen LogP contribution in [0.3, 0.4) is 0 Å².